The zero-order valence-electron chi connectivity index (χ0n) is 15.7. The first-order valence-electron chi connectivity index (χ1n) is 9.77. The lowest BCUT2D eigenvalue weighted by Crippen LogP contribution is -2.36. The molecule has 28 heavy (non-hydrogen) atoms. The quantitative estimate of drug-likeness (QED) is 0.627. The van der Waals surface area contributed by atoms with Crippen molar-refractivity contribution in [1.82, 2.24) is 0 Å². The fraction of sp³-hybridized carbons (Fsp3) is 0.348. The van der Waals surface area contributed by atoms with Crippen molar-refractivity contribution >= 4 is 23.3 Å². The van der Waals surface area contributed by atoms with Crippen LogP contribution in [0.25, 0.3) is 0 Å². The van der Waals surface area contributed by atoms with Gasteiger partial charge in [0.2, 0.25) is 5.78 Å². The lowest BCUT2D eigenvalue weighted by molar-refractivity contribution is -0.135. The highest BCUT2D eigenvalue weighted by Gasteiger charge is 2.37. The molecule has 2 aromatic rings. The average molecular weight is 377 g/mol. The Morgan fingerprint density at radius 3 is 2.50 bits per heavy atom. The van der Waals surface area contributed by atoms with Crippen LogP contribution in [0.1, 0.15) is 60.0 Å². The molecule has 0 saturated heterocycles. The second-order valence-electron chi connectivity index (χ2n) is 7.71. The second-order valence-corrected chi connectivity index (χ2v) is 7.71. The third-order valence-corrected chi connectivity index (χ3v) is 5.89. The summed E-state index contributed by atoms with van der Waals surface area (Å²) in [5.41, 5.74) is 2.63. The van der Waals surface area contributed by atoms with Crippen LogP contribution in [0, 0.1) is 0 Å². The van der Waals surface area contributed by atoms with Crippen LogP contribution >= 0.6 is 0 Å². The lowest BCUT2D eigenvalue weighted by atomic mass is 9.66. The molecule has 0 aromatic heterocycles. The van der Waals surface area contributed by atoms with Gasteiger partial charge in [-0.3, -0.25) is 9.59 Å². The minimum atomic E-state index is -0.605. The number of rotatable bonds is 5. The first kappa shape index (κ1) is 18.4. The summed E-state index contributed by atoms with van der Waals surface area (Å²) in [6.45, 7) is 0.197. The lowest BCUT2D eigenvalue weighted by Gasteiger charge is -2.37. The van der Waals surface area contributed by atoms with Crippen LogP contribution in [0.5, 0.6) is 0 Å². The maximum Gasteiger partial charge on any atom is 0.338 e. The van der Waals surface area contributed by atoms with Crippen molar-refractivity contribution in [2.24, 2.45) is 0 Å². The molecule has 1 heterocycles. The molecule has 1 aliphatic carbocycles. The number of nitrogens with one attached hydrogen (secondary N) is 1. The molecule has 1 aliphatic heterocycles. The molecule has 0 atom stereocenters. The summed E-state index contributed by atoms with van der Waals surface area (Å²) in [4.78, 5) is 36.9. The SMILES string of the molecule is O=C(CC1(c2ccccc2)CCCCC1)C(=O)Nc1ccc2c(c1)COC2=O. The number of hydrogen-bond acceptors (Lipinski definition) is 4. The van der Waals surface area contributed by atoms with Crippen molar-refractivity contribution in [2.75, 3.05) is 5.32 Å². The van der Waals surface area contributed by atoms with Gasteiger partial charge in [0, 0.05) is 23.1 Å². The van der Waals surface area contributed by atoms with Crippen LogP contribution in [-0.4, -0.2) is 17.7 Å². The number of fused-ring (bicyclic) bond motifs is 1. The van der Waals surface area contributed by atoms with Crippen LogP contribution in [0.2, 0.25) is 0 Å². The number of ether oxygens (including phenoxy) is 1. The number of ketones is 1. The van der Waals surface area contributed by atoms with Gasteiger partial charge >= 0.3 is 5.97 Å². The van der Waals surface area contributed by atoms with Crippen molar-refractivity contribution < 1.29 is 19.1 Å². The van der Waals surface area contributed by atoms with E-state index in [1.807, 2.05) is 18.2 Å². The number of cyclic esters (lactones) is 1. The number of benzene rings is 2. The Morgan fingerprint density at radius 2 is 1.75 bits per heavy atom. The predicted octanol–water partition coefficient (Wildman–Crippen LogP) is 4.16. The summed E-state index contributed by atoms with van der Waals surface area (Å²) in [6, 6.07) is 15.0. The van der Waals surface area contributed by atoms with E-state index in [4.69, 9.17) is 4.74 Å². The van der Waals surface area contributed by atoms with Gasteiger partial charge in [-0.25, -0.2) is 4.79 Å². The standard InChI is InChI=1S/C23H23NO4/c25-20(14-23(11-5-2-6-12-23)17-7-3-1-4-8-17)21(26)24-18-9-10-19-16(13-18)15-28-22(19)27/h1,3-4,7-10,13H,2,5-6,11-12,14-15H2,(H,24,26). The van der Waals surface area contributed by atoms with Gasteiger partial charge in [-0.15, -0.1) is 0 Å². The topological polar surface area (TPSA) is 72.5 Å². The Morgan fingerprint density at radius 1 is 1.00 bits per heavy atom. The molecule has 4 rings (SSSR count). The van der Waals surface area contributed by atoms with Crippen LogP contribution in [0.15, 0.2) is 48.5 Å². The smallest absolute Gasteiger partial charge is 0.338 e. The molecule has 1 saturated carbocycles. The van der Waals surface area contributed by atoms with E-state index in [-0.39, 0.29) is 24.4 Å². The molecule has 0 spiro atoms. The second kappa shape index (κ2) is 7.58. The van der Waals surface area contributed by atoms with E-state index in [0.717, 1.165) is 36.8 Å². The molecule has 0 unspecified atom stereocenters. The van der Waals surface area contributed by atoms with Gasteiger partial charge in [0.05, 0.1) is 5.56 Å². The third-order valence-electron chi connectivity index (χ3n) is 5.89. The molecule has 2 aromatic carbocycles. The van der Waals surface area contributed by atoms with Gasteiger partial charge < -0.3 is 10.1 Å². The summed E-state index contributed by atoms with van der Waals surface area (Å²) in [7, 11) is 0. The Balaban J connectivity index is 1.49. The monoisotopic (exact) mass is 377 g/mol. The molecule has 5 heteroatoms. The number of carbonyl (C=O) groups is 3. The average Bonchev–Trinajstić information content (AvgIpc) is 3.09. The minimum absolute atomic E-state index is 0.197. The van der Waals surface area contributed by atoms with E-state index in [1.165, 1.54) is 6.42 Å². The minimum Gasteiger partial charge on any atom is -0.457 e. The highest BCUT2D eigenvalue weighted by Crippen LogP contribution is 2.42. The first-order valence-corrected chi connectivity index (χ1v) is 9.77. The Bertz CT molecular complexity index is 913. The normalized spacial score (nSPS) is 17.5. The zero-order valence-corrected chi connectivity index (χ0v) is 15.7. The number of amides is 1. The van der Waals surface area contributed by atoms with Gasteiger partial charge in [0.1, 0.15) is 6.61 Å². The van der Waals surface area contributed by atoms with Gasteiger partial charge in [0.25, 0.3) is 5.91 Å². The third kappa shape index (κ3) is 3.57. The Kier molecular flexibility index (Phi) is 4.99. The predicted molar refractivity (Wildman–Crippen MR) is 105 cm³/mol. The fourth-order valence-corrected chi connectivity index (χ4v) is 4.39. The van der Waals surface area contributed by atoms with E-state index in [9.17, 15) is 14.4 Å². The van der Waals surface area contributed by atoms with Gasteiger partial charge in [-0.05, 0) is 36.6 Å². The summed E-state index contributed by atoms with van der Waals surface area (Å²) in [5, 5.41) is 2.69. The summed E-state index contributed by atoms with van der Waals surface area (Å²) >= 11 is 0. The van der Waals surface area contributed by atoms with Crippen molar-refractivity contribution in [3.63, 3.8) is 0 Å². The van der Waals surface area contributed by atoms with E-state index < -0.39 is 11.7 Å². The summed E-state index contributed by atoms with van der Waals surface area (Å²) in [5.74, 6) is -1.37. The molecule has 0 radical (unpaired) electrons. The van der Waals surface area contributed by atoms with Gasteiger partial charge in [-0.1, -0.05) is 49.6 Å². The maximum absolute atomic E-state index is 12.8. The largest absolute Gasteiger partial charge is 0.457 e. The number of Topliss-reactive ketones (excluding diaryl/α,β-unsaturated/α-hetero) is 1. The Labute approximate surface area is 164 Å². The van der Waals surface area contributed by atoms with E-state index in [2.05, 4.69) is 17.4 Å². The fourth-order valence-electron chi connectivity index (χ4n) is 4.39. The summed E-state index contributed by atoms with van der Waals surface area (Å²) < 4.78 is 4.97. The summed E-state index contributed by atoms with van der Waals surface area (Å²) in [6.07, 6.45) is 5.38. The molecule has 1 amide bonds. The Hall–Kier alpha value is -2.95. The first-order chi connectivity index (χ1) is 13.6. The van der Waals surface area contributed by atoms with Crippen LogP contribution < -0.4 is 5.32 Å². The molecule has 2 aliphatic rings. The number of anilines is 1. The van der Waals surface area contributed by atoms with E-state index in [1.54, 1.807) is 18.2 Å². The van der Waals surface area contributed by atoms with Crippen molar-refractivity contribution in [1.29, 1.82) is 0 Å². The van der Waals surface area contributed by atoms with E-state index >= 15 is 0 Å². The highest BCUT2D eigenvalue weighted by atomic mass is 16.5. The molecular formula is C23H23NO4. The maximum atomic E-state index is 12.8. The molecule has 0 bridgehead atoms. The van der Waals surface area contributed by atoms with Gasteiger partial charge in [0.15, 0.2) is 0 Å². The molecule has 5 nitrogen and oxygen atoms in total. The molecule has 1 fully saturated rings. The van der Waals surface area contributed by atoms with Gasteiger partial charge in [-0.2, -0.15) is 0 Å². The van der Waals surface area contributed by atoms with Crippen LogP contribution in [-0.2, 0) is 26.3 Å². The van der Waals surface area contributed by atoms with E-state index in [0.29, 0.717) is 11.3 Å². The number of carbonyl (C=O) groups excluding carboxylic acids is 3. The van der Waals surface area contributed by atoms with Crippen molar-refractivity contribution in [2.45, 2.75) is 50.5 Å². The molecule has 144 valence electrons. The van der Waals surface area contributed by atoms with Crippen LogP contribution in [0.3, 0.4) is 0 Å². The van der Waals surface area contributed by atoms with Crippen LogP contribution in [0.4, 0.5) is 5.69 Å². The zero-order chi connectivity index (χ0) is 19.6. The number of esters is 1. The molecule has 1 N–H and O–H groups in total. The molecular weight excluding hydrogens is 354 g/mol. The van der Waals surface area contributed by atoms with Crippen molar-refractivity contribution in [3.05, 3.63) is 65.2 Å². The van der Waals surface area contributed by atoms with Crippen molar-refractivity contribution in [3.8, 4) is 0 Å². The number of hydrogen-bond donors (Lipinski definition) is 1. The highest BCUT2D eigenvalue weighted by molar-refractivity contribution is 6.40.